The summed E-state index contributed by atoms with van der Waals surface area (Å²) in [6.07, 6.45) is 2.05. The number of carbonyl (C=O) groups excluding carboxylic acids is 1. The topological polar surface area (TPSA) is 37.3 Å². The maximum absolute atomic E-state index is 12.4. The van der Waals surface area contributed by atoms with Gasteiger partial charge in [0.2, 0.25) is 0 Å². The Morgan fingerprint density at radius 2 is 2.15 bits per heavy atom. The summed E-state index contributed by atoms with van der Waals surface area (Å²) >= 11 is 5.93. The van der Waals surface area contributed by atoms with Crippen LogP contribution < -0.4 is 5.32 Å². The van der Waals surface area contributed by atoms with Crippen molar-refractivity contribution in [3.63, 3.8) is 0 Å². The monoisotopic (exact) mass is 289 g/mol. The van der Waals surface area contributed by atoms with Gasteiger partial charge in [-0.1, -0.05) is 17.7 Å². The molecular formula is C15H16ClN3O. The Morgan fingerprint density at radius 3 is 2.95 bits per heavy atom. The van der Waals surface area contributed by atoms with Crippen LogP contribution in [0.4, 0.5) is 10.5 Å². The van der Waals surface area contributed by atoms with Gasteiger partial charge in [-0.25, -0.2) is 4.79 Å². The zero-order chi connectivity index (χ0) is 14.1. The van der Waals surface area contributed by atoms with Crippen LogP contribution in [0.15, 0.2) is 42.6 Å². The number of aromatic nitrogens is 1. The normalized spacial score (nSPS) is 17.7. The number of benzene rings is 1. The fourth-order valence-electron chi connectivity index (χ4n) is 2.62. The number of rotatable bonds is 1. The van der Waals surface area contributed by atoms with Gasteiger partial charge in [0.1, 0.15) is 0 Å². The van der Waals surface area contributed by atoms with E-state index in [1.54, 1.807) is 12.1 Å². The maximum Gasteiger partial charge on any atom is 0.322 e. The van der Waals surface area contributed by atoms with E-state index in [0.717, 1.165) is 17.9 Å². The summed E-state index contributed by atoms with van der Waals surface area (Å²) in [4.78, 5) is 14.2. The van der Waals surface area contributed by atoms with Crippen molar-refractivity contribution >= 4 is 23.3 Å². The molecule has 1 aliphatic heterocycles. The largest absolute Gasteiger partial charge is 0.348 e. The molecule has 0 aliphatic carbocycles. The van der Waals surface area contributed by atoms with Gasteiger partial charge in [-0.3, -0.25) is 0 Å². The third kappa shape index (κ3) is 2.39. The maximum atomic E-state index is 12.4. The summed E-state index contributed by atoms with van der Waals surface area (Å²) in [5.74, 6) is 0. The Hall–Kier alpha value is -1.94. The van der Waals surface area contributed by atoms with Crippen LogP contribution in [-0.2, 0) is 6.54 Å². The predicted molar refractivity (Wildman–Crippen MR) is 80.0 cm³/mol. The second-order valence-corrected chi connectivity index (χ2v) is 5.37. The zero-order valence-corrected chi connectivity index (χ0v) is 12.0. The van der Waals surface area contributed by atoms with Crippen LogP contribution >= 0.6 is 11.6 Å². The summed E-state index contributed by atoms with van der Waals surface area (Å²) < 4.78 is 2.19. The summed E-state index contributed by atoms with van der Waals surface area (Å²) in [6.45, 7) is 3.58. The molecule has 2 heterocycles. The van der Waals surface area contributed by atoms with Crippen LogP contribution in [0, 0.1) is 0 Å². The number of nitrogens with zero attached hydrogens (tertiary/aromatic N) is 2. The highest BCUT2D eigenvalue weighted by molar-refractivity contribution is 6.30. The minimum Gasteiger partial charge on any atom is -0.348 e. The number of anilines is 1. The van der Waals surface area contributed by atoms with E-state index in [4.69, 9.17) is 11.6 Å². The Bertz CT molecular complexity index is 638. The van der Waals surface area contributed by atoms with Crippen LogP contribution in [0.25, 0.3) is 0 Å². The quantitative estimate of drug-likeness (QED) is 0.853. The SMILES string of the molecule is C[C@H]1c2cccn2CCN1C(=O)Nc1cccc(Cl)c1. The smallest absolute Gasteiger partial charge is 0.322 e. The molecule has 5 heteroatoms. The van der Waals surface area contributed by atoms with Crippen molar-refractivity contribution in [1.29, 1.82) is 0 Å². The second-order valence-electron chi connectivity index (χ2n) is 4.94. The van der Waals surface area contributed by atoms with E-state index in [9.17, 15) is 4.79 Å². The highest BCUT2D eigenvalue weighted by Gasteiger charge is 2.27. The van der Waals surface area contributed by atoms with Crippen molar-refractivity contribution in [2.45, 2.75) is 19.5 Å². The average Bonchev–Trinajstić information content (AvgIpc) is 2.88. The standard InChI is InChI=1S/C15H16ClN3O/c1-11-14-6-3-7-18(14)8-9-19(11)15(20)17-13-5-2-4-12(16)10-13/h2-7,10-11H,8-9H2,1H3,(H,17,20)/t11-/m0/s1. The lowest BCUT2D eigenvalue weighted by molar-refractivity contribution is 0.175. The van der Waals surface area contributed by atoms with E-state index in [-0.39, 0.29) is 12.1 Å². The van der Waals surface area contributed by atoms with Gasteiger partial charge in [-0.05, 0) is 37.3 Å². The first kappa shape index (κ1) is 13.1. The third-order valence-electron chi connectivity index (χ3n) is 3.68. The molecule has 0 saturated heterocycles. The van der Waals surface area contributed by atoms with Crippen molar-refractivity contribution in [3.05, 3.63) is 53.3 Å². The average molecular weight is 290 g/mol. The summed E-state index contributed by atoms with van der Waals surface area (Å²) in [5, 5.41) is 3.51. The minimum absolute atomic E-state index is 0.0675. The fraction of sp³-hybridized carbons (Fsp3) is 0.267. The van der Waals surface area contributed by atoms with E-state index < -0.39 is 0 Å². The van der Waals surface area contributed by atoms with Gasteiger partial charge < -0.3 is 14.8 Å². The molecule has 0 unspecified atom stereocenters. The van der Waals surface area contributed by atoms with Gasteiger partial charge in [0.15, 0.2) is 0 Å². The summed E-state index contributed by atoms with van der Waals surface area (Å²) in [5.41, 5.74) is 1.88. The van der Waals surface area contributed by atoms with Crippen LogP contribution in [-0.4, -0.2) is 22.0 Å². The van der Waals surface area contributed by atoms with Gasteiger partial charge in [0.05, 0.1) is 6.04 Å². The number of halogens is 1. The molecule has 20 heavy (non-hydrogen) atoms. The van der Waals surface area contributed by atoms with E-state index >= 15 is 0 Å². The number of fused-ring (bicyclic) bond motifs is 1. The summed E-state index contributed by atoms with van der Waals surface area (Å²) in [6, 6.07) is 11.2. The van der Waals surface area contributed by atoms with E-state index in [0.29, 0.717) is 11.6 Å². The molecule has 0 fully saturated rings. The number of nitrogens with one attached hydrogen (secondary N) is 1. The number of carbonyl (C=O) groups is 1. The first-order chi connectivity index (χ1) is 9.65. The fourth-order valence-corrected chi connectivity index (χ4v) is 2.81. The van der Waals surface area contributed by atoms with E-state index in [1.807, 2.05) is 30.0 Å². The van der Waals surface area contributed by atoms with E-state index in [1.165, 1.54) is 0 Å². The molecule has 2 aromatic rings. The number of urea groups is 1. The lowest BCUT2D eigenvalue weighted by Crippen LogP contribution is -2.42. The van der Waals surface area contributed by atoms with Gasteiger partial charge in [0, 0.05) is 35.7 Å². The van der Waals surface area contributed by atoms with Gasteiger partial charge in [0.25, 0.3) is 0 Å². The molecule has 4 nitrogen and oxygen atoms in total. The summed E-state index contributed by atoms with van der Waals surface area (Å²) in [7, 11) is 0. The Balaban J connectivity index is 1.75. The Kier molecular flexibility index (Phi) is 3.40. The van der Waals surface area contributed by atoms with Gasteiger partial charge in [-0.15, -0.1) is 0 Å². The predicted octanol–water partition coefficient (Wildman–Crippen LogP) is 3.75. The van der Waals surface area contributed by atoms with Gasteiger partial charge in [-0.2, -0.15) is 0 Å². The molecule has 0 saturated carbocycles. The Morgan fingerprint density at radius 1 is 1.30 bits per heavy atom. The molecule has 1 aromatic carbocycles. The molecule has 0 bridgehead atoms. The molecule has 3 rings (SSSR count). The lowest BCUT2D eigenvalue weighted by atomic mass is 10.1. The van der Waals surface area contributed by atoms with Crippen molar-refractivity contribution < 1.29 is 4.79 Å². The second kappa shape index (κ2) is 5.21. The van der Waals surface area contributed by atoms with Crippen molar-refractivity contribution in [3.8, 4) is 0 Å². The molecular weight excluding hydrogens is 274 g/mol. The third-order valence-corrected chi connectivity index (χ3v) is 3.91. The van der Waals surface area contributed by atoms with Crippen LogP contribution in [0.1, 0.15) is 18.7 Å². The van der Waals surface area contributed by atoms with Crippen molar-refractivity contribution in [2.75, 3.05) is 11.9 Å². The molecule has 0 radical (unpaired) electrons. The van der Waals surface area contributed by atoms with Crippen LogP contribution in [0.3, 0.4) is 0 Å². The molecule has 1 aliphatic rings. The molecule has 0 spiro atoms. The first-order valence-electron chi connectivity index (χ1n) is 6.63. The van der Waals surface area contributed by atoms with Crippen molar-refractivity contribution in [1.82, 2.24) is 9.47 Å². The van der Waals surface area contributed by atoms with Gasteiger partial charge >= 0.3 is 6.03 Å². The molecule has 1 atom stereocenters. The molecule has 1 N–H and O–H groups in total. The molecule has 2 amide bonds. The molecule has 104 valence electrons. The lowest BCUT2D eigenvalue weighted by Gasteiger charge is -2.34. The zero-order valence-electron chi connectivity index (χ0n) is 11.2. The molecule has 1 aromatic heterocycles. The van der Waals surface area contributed by atoms with E-state index in [2.05, 4.69) is 22.1 Å². The Labute approximate surface area is 123 Å². The highest BCUT2D eigenvalue weighted by atomic mass is 35.5. The first-order valence-corrected chi connectivity index (χ1v) is 7.01. The van der Waals surface area contributed by atoms with Crippen LogP contribution in [0.2, 0.25) is 5.02 Å². The minimum atomic E-state index is -0.0905. The van der Waals surface area contributed by atoms with Crippen LogP contribution in [0.5, 0.6) is 0 Å². The van der Waals surface area contributed by atoms with Crippen molar-refractivity contribution in [2.24, 2.45) is 0 Å². The number of hydrogen-bond acceptors (Lipinski definition) is 1. The highest BCUT2D eigenvalue weighted by Crippen LogP contribution is 2.26. The number of amides is 2. The number of hydrogen-bond donors (Lipinski definition) is 1.